The number of amides is 1. The molecule has 1 N–H and O–H groups in total. The van der Waals surface area contributed by atoms with Crippen LogP contribution in [0.4, 0.5) is 5.82 Å². The number of hydrogen-bond acceptors (Lipinski definition) is 7. The molecule has 0 spiro atoms. The summed E-state index contributed by atoms with van der Waals surface area (Å²) in [6.45, 7) is 4.33. The Hall–Kier alpha value is -3.75. The van der Waals surface area contributed by atoms with Crippen molar-refractivity contribution in [3.63, 3.8) is 0 Å². The maximum atomic E-state index is 12.9. The van der Waals surface area contributed by atoms with Crippen molar-refractivity contribution in [3.05, 3.63) is 60.0 Å². The molecule has 3 aromatic rings. The number of nitrogens with zero attached hydrogens (tertiary/aromatic N) is 4. The van der Waals surface area contributed by atoms with Crippen LogP contribution in [0.5, 0.6) is 11.8 Å². The lowest BCUT2D eigenvalue weighted by molar-refractivity contribution is 0.0942. The van der Waals surface area contributed by atoms with Crippen LogP contribution in [0.15, 0.2) is 48.9 Å². The molecule has 0 aliphatic carbocycles. The van der Waals surface area contributed by atoms with Crippen LogP contribution in [0.2, 0.25) is 0 Å². The molecule has 0 aromatic carbocycles. The van der Waals surface area contributed by atoms with Gasteiger partial charge in [0.25, 0.3) is 11.8 Å². The summed E-state index contributed by atoms with van der Waals surface area (Å²) < 4.78 is 11.9. The number of carbonyl (C=O) groups is 2. The summed E-state index contributed by atoms with van der Waals surface area (Å²) in [4.78, 5) is 33.7. The molecule has 144 valence electrons. The van der Waals surface area contributed by atoms with Gasteiger partial charge >= 0.3 is 0 Å². The fraction of sp³-hybridized carbons (Fsp3) is 0.211. The lowest BCUT2D eigenvalue weighted by Gasteiger charge is -2.11. The van der Waals surface area contributed by atoms with E-state index in [2.05, 4.69) is 20.4 Å². The van der Waals surface area contributed by atoms with Gasteiger partial charge in [0.05, 0.1) is 19.4 Å². The standard InChI is InChI=1S/C19H19N5O4/c1-3-27-17-13(7-5-10-20-17)16(25)23-15-9-12-22-24(15)19(26)14-8-6-11-21-18(14)28-4-2/h5-12H,3-4H2,1-2H3,(H,23,25). The molecule has 0 unspecified atom stereocenters. The average Bonchev–Trinajstić information content (AvgIpc) is 3.17. The van der Waals surface area contributed by atoms with Crippen LogP contribution in [0, 0.1) is 0 Å². The van der Waals surface area contributed by atoms with E-state index in [-0.39, 0.29) is 28.7 Å². The van der Waals surface area contributed by atoms with Crippen LogP contribution >= 0.6 is 0 Å². The molecule has 0 saturated carbocycles. The second-order valence-corrected chi connectivity index (χ2v) is 5.47. The highest BCUT2D eigenvalue weighted by Gasteiger charge is 2.21. The molecule has 3 aromatic heterocycles. The van der Waals surface area contributed by atoms with Gasteiger partial charge in [-0.3, -0.25) is 9.59 Å². The second-order valence-electron chi connectivity index (χ2n) is 5.47. The molecule has 3 heterocycles. The minimum Gasteiger partial charge on any atom is -0.477 e. The molecule has 0 radical (unpaired) electrons. The number of hydrogen-bond donors (Lipinski definition) is 1. The predicted octanol–water partition coefficient (Wildman–Crippen LogP) is 2.41. The van der Waals surface area contributed by atoms with E-state index in [4.69, 9.17) is 9.47 Å². The number of nitrogens with one attached hydrogen (secondary N) is 1. The first-order valence-electron chi connectivity index (χ1n) is 8.71. The van der Waals surface area contributed by atoms with Gasteiger partial charge in [-0.05, 0) is 38.1 Å². The van der Waals surface area contributed by atoms with E-state index in [1.165, 1.54) is 24.7 Å². The Labute approximate surface area is 161 Å². The molecule has 1 amide bonds. The highest BCUT2D eigenvalue weighted by molar-refractivity contribution is 6.07. The van der Waals surface area contributed by atoms with E-state index in [0.717, 1.165) is 4.68 Å². The summed E-state index contributed by atoms with van der Waals surface area (Å²) in [5.74, 6) is -0.331. The van der Waals surface area contributed by atoms with Crippen molar-refractivity contribution in [2.45, 2.75) is 13.8 Å². The fourth-order valence-electron chi connectivity index (χ4n) is 2.48. The Kier molecular flexibility index (Phi) is 5.95. The van der Waals surface area contributed by atoms with E-state index >= 15 is 0 Å². The van der Waals surface area contributed by atoms with Gasteiger partial charge in [0.15, 0.2) is 0 Å². The lowest BCUT2D eigenvalue weighted by atomic mass is 10.2. The Balaban J connectivity index is 1.87. The van der Waals surface area contributed by atoms with Crippen LogP contribution in [0.3, 0.4) is 0 Å². The van der Waals surface area contributed by atoms with Crippen molar-refractivity contribution in [2.75, 3.05) is 18.5 Å². The van der Waals surface area contributed by atoms with Gasteiger partial charge in [0.1, 0.15) is 16.9 Å². The van der Waals surface area contributed by atoms with Crippen molar-refractivity contribution >= 4 is 17.6 Å². The normalized spacial score (nSPS) is 10.4. The smallest absolute Gasteiger partial charge is 0.285 e. The molecule has 0 aliphatic heterocycles. The van der Waals surface area contributed by atoms with E-state index in [1.807, 2.05) is 0 Å². The van der Waals surface area contributed by atoms with Gasteiger partial charge in [-0.1, -0.05) is 0 Å². The van der Waals surface area contributed by atoms with Crippen molar-refractivity contribution in [3.8, 4) is 11.8 Å². The number of carbonyl (C=O) groups excluding carboxylic acids is 2. The summed E-state index contributed by atoms with van der Waals surface area (Å²) in [5, 5.41) is 6.69. The average molecular weight is 381 g/mol. The number of ether oxygens (including phenoxy) is 2. The fourth-order valence-corrected chi connectivity index (χ4v) is 2.48. The first kappa shape index (κ1) is 19.0. The number of aromatic nitrogens is 4. The molecule has 0 bridgehead atoms. The molecule has 0 aliphatic rings. The monoisotopic (exact) mass is 381 g/mol. The van der Waals surface area contributed by atoms with E-state index in [1.54, 1.807) is 38.1 Å². The first-order valence-corrected chi connectivity index (χ1v) is 8.71. The molecular weight excluding hydrogens is 362 g/mol. The van der Waals surface area contributed by atoms with E-state index in [0.29, 0.717) is 13.2 Å². The quantitative estimate of drug-likeness (QED) is 0.669. The molecule has 28 heavy (non-hydrogen) atoms. The number of anilines is 1. The summed E-state index contributed by atoms with van der Waals surface area (Å²) in [6, 6.07) is 7.95. The third-order valence-corrected chi connectivity index (χ3v) is 3.66. The highest BCUT2D eigenvalue weighted by Crippen LogP contribution is 2.20. The first-order chi connectivity index (χ1) is 13.7. The molecule has 0 fully saturated rings. The van der Waals surface area contributed by atoms with Gasteiger partial charge in [0.2, 0.25) is 11.8 Å². The molecule has 9 heteroatoms. The molecule has 3 rings (SSSR count). The number of rotatable bonds is 7. The SMILES string of the molecule is CCOc1ncccc1C(=O)Nc1ccnn1C(=O)c1cccnc1OCC. The summed E-state index contributed by atoms with van der Waals surface area (Å²) >= 11 is 0. The van der Waals surface area contributed by atoms with Crippen molar-refractivity contribution in [1.82, 2.24) is 19.7 Å². The van der Waals surface area contributed by atoms with Crippen LogP contribution in [0.25, 0.3) is 0 Å². The summed E-state index contributed by atoms with van der Waals surface area (Å²) in [7, 11) is 0. The molecule has 9 nitrogen and oxygen atoms in total. The maximum absolute atomic E-state index is 12.9. The van der Waals surface area contributed by atoms with E-state index < -0.39 is 11.8 Å². The van der Waals surface area contributed by atoms with Crippen LogP contribution in [0.1, 0.15) is 34.6 Å². The lowest BCUT2D eigenvalue weighted by Crippen LogP contribution is -2.22. The zero-order valence-electron chi connectivity index (χ0n) is 15.5. The molecule has 0 atom stereocenters. The van der Waals surface area contributed by atoms with Crippen LogP contribution in [-0.2, 0) is 0 Å². The van der Waals surface area contributed by atoms with E-state index in [9.17, 15) is 9.59 Å². The van der Waals surface area contributed by atoms with Crippen LogP contribution in [-0.4, -0.2) is 44.8 Å². The topological polar surface area (TPSA) is 108 Å². The van der Waals surface area contributed by atoms with Crippen molar-refractivity contribution < 1.29 is 19.1 Å². The summed E-state index contributed by atoms with van der Waals surface area (Å²) in [5.41, 5.74) is 0.487. The zero-order valence-corrected chi connectivity index (χ0v) is 15.5. The third-order valence-electron chi connectivity index (χ3n) is 3.66. The van der Waals surface area contributed by atoms with Gasteiger partial charge < -0.3 is 14.8 Å². The van der Waals surface area contributed by atoms with Gasteiger partial charge in [0, 0.05) is 18.5 Å². The third kappa shape index (κ3) is 3.98. The van der Waals surface area contributed by atoms with Crippen molar-refractivity contribution in [1.29, 1.82) is 0 Å². The highest BCUT2D eigenvalue weighted by atomic mass is 16.5. The maximum Gasteiger partial charge on any atom is 0.285 e. The Morgan fingerprint density at radius 3 is 2.18 bits per heavy atom. The second kappa shape index (κ2) is 8.76. The van der Waals surface area contributed by atoms with Gasteiger partial charge in [-0.2, -0.15) is 9.78 Å². The number of pyridine rings is 2. The Bertz CT molecular complexity index is 986. The minimum absolute atomic E-state index is 0.201. The Morgan fingerprint density at radius 1 is 0.929 bits per heavy atom. The minimum atomic E-state index is -0.479. The Morgan fingerprint density at radius 2 is 1.54 bits per heavy atom. The van der Waals surface area contributed by atoms with Gasteiger partial charge in [-0.15, -0.1) is 0 Å². The van der Waals surface area contributed by atoms with Gasteiger partial charge in [-0.25, -0.2) is 9.97 Å². The summed E-state index contributed by atoms with van der Waals surface area (Å²) in [6.07, 6.45) is 4.48. The predicted molar refractivity (Wildman–Crippen MR) is 101 cm³/mol. The zero-order chi connectivity index (χ0) is 19.9. The largest absolute Gasteiger partial charge is 0.477 e. The van der Waals surface area contributed by atoms with Crippen molar-refractivity contribution in [2.24, 2.45) is 0 Å². The van der Waals surface area contributed by atoms with Crippen LogP contribution < -0.4 is 14.8 Å². The molecular formula is C19H19N5O4. The molecule has 0 saturated heterocycles.